The topological polar surface area (TPSA) is 17.4 Å². The molecular weight excluding hydrogens is 388 g/mol. The second-order valence-corrected chi connectivity index (χ2v) is 8.35. The number of para-hydroxylation sites is 1. The van der Waals surface area contributed by atoms with Crippen LogP contribution in [0.1, 0.15) is 25.3 Å². The zero-order chi connectivity index (χ0) is 19.5. The highest BCUT2D eigenvalue weighted by atomic mass is 35.5. The molecule has 0 bridgehead atoms. The summed E-state index contributed by atoms with van der Waals surface area (Å²) >= 11 is 11.8. The van der Waals surface area contributed by atoms with Crippen molar-refractivity contribution in [2.24, 2.45) is 5.92 Å². The number of rotatable bonds is 5. The number of halogens is 1. The van der Waals surface area contributed by atoms with Crippen LogP contribution in [0.3, 0.4) is 0 Å². The van der Waals surface area contributed by atoms with Gasteiger partial charge in [0, 0.05) is 40.8 Å². The second-order valence-electron chi connectivity index (χ2n) is 7.53. The van der Waals surface area contributed by atoms with Crippen molar-refractivity contribution in [3.63, 3.8) is 0 Å². The lowest BCUT2D eigenvalue weighted by Crippen LogP contribution is -2.37. The number of ether oxygens (including phenoxy) is 1. The summed E-state index contributed by atoms with van der Waals surface area (Å²) in [7, 11) is 0. The maximum absolute atomic E-state index is 5.94. The molecule has 5 heteroatoms. The minimum Gasteiger partial charge on any atom is -0.492 e. The second kappa shape index (κ2) is 8.54. The van der Waals surface area contributed by atoms with Gasteiger partial charge >= 0.3 is 0 Å². The third kappa shape index (κ3) is 4.18. The Kier molecular flexibility index (Phi) is 5.88. The molecule has 0 spiro atoms. The number of fused-ring (bicyclic) bond motifs is 1. The molecule has 1 fully saturated rings. The van der Waals surface area contributed by atoms with E-state index < -0.39 is 0 Å². The van der Waals surface area contributed by atoms with Gasteiger partial charge in [0.05, 0.1) is 6.54 Å². The van der Waals surface area contributed by atoms with Crippen molar-refractivity contribution >= 4 is 39.7 Å². The Morgan fingerprint density at radius 1 is 1.11 bits per heavy atom. The molecule has 0 radical (unpaired) electrons. The summed E-state index contributed by atoms with van der Waals surface area (Å²) in [5, 5.41) is 1.94. The Morgan fingerprint density at radius 2 is 1.82 bits per heavy atom. The molecule has 0 unspecified atom stereocenters. The van der Waals surface area contributed by atoms with Crippen molar-refractivity contribution in [3.8, 4) is 5.75 Å². The van der Waals surface area contributed by atoms with E-state index in [9.17, 15) is 0 Å². The predicted octanol–water partition coefficient (Wildman–Crippen LogP) is 5.78. The average molecular weight is 413 g/mol. The van der Waals surface area contributed by atoms with Gasteiger partial charge < -0.3 is 14.2 Å². The number of thiocarbonyl (C=S) groups is 1. The van der Waals surface area contributed by atoms with Crippen LogP contribution in [0, 0.1) is 5.92 Å². The third-order valence-corrected chi connectivity index (χ3v) is 6.23. The first-order valence-corrected chi connectivity index (χ1v) is 10.7. The van der Waals surface area contributed by atoms with Crippen molar-refractivity contribution in [2.75, 3.05) is 19.7 Å². The number of hydrogen-bond donors (Lipinski definition) is 0. The number of likely N-dealkylation sites (tertiary alicyclic amines) is 1. The normalized spacial score (nSPS) is 15.1. The molecule has 4 rings (SSSR count). The molecule has 1 aliphatic rings. The third-order valence-electron chi connectivity index (χ3n) is 5.50. The largest absolute Gasteiger partial charge is 0.492 e. The minimum atomic E-state index is 0.591. The average Bonchev–Trinajstić information content (AvgIpc) is 3.08. The summed E-state index contributed by atoms with van der Waals surface area (Å²) < 4.78 is 8.14. The van der Waals surface area contributed by atoms with Crippen LogP contribution in [-0.2, 0) is 6.54 Å². The van der Waals surface area contributed by atoms with Gasteiger partial charge in [-0.15, -0.1) is 0 Å². The predicted molar refractivity (Wildman–Crippen MR) is 121 cm³/mol. The molecule has 0 atom stereocenters. The van der Waals surface area contributed by atoms with Crippen molar-refractivity contribution in [2.45, 2.75) is 26.3 Å². The highest BCUT2D eigenvalue weighted by Gasteiger charge is 2.21. The molecular formula is C23H25ClN2OS. The van der Waals surface area contributed by atoms with Crippen LogP contribution in [0.2, 0.25) is 5.02 Å². The SMILES string of the molecule is CC1CCN(C(=S)c2cn(CCOc3ccc(Cl)cc3)c3ccccc23)CC1. The summed E-state index contributed by atoms with van der Waals surface area (Å²) in [6.45, 7) is 5.79. The highest BCUT2D eigenvalue weighted by Crippen LogP contribution is 2.26. The standard InChI is InChI=1S/C23H25ClN2OS/c1-17-10-12-25(13-11-17)23(28)21-16-26(22-5-3-2-4-20(21)22)14-15-27-19-8-6-18(24)7-9-19/h2-9,16-17H,10-15H2,1H3. The summed E-state index contributed by atoms with van der Waals surface area (Å²) in [6.07, 6.45) is 4.62. The van der Waals surface area contributed by atoms with Crippen LogP contribution in [0.15, 0.2) is 54.7 Å². The quantitative estimate of drug-likeness (QED) is 0.494. The summed E-state index contributed by atoms with van der Waals surface area (Å²) in [4.78, 5) is 3.34. The number of nitrogens with zero attached hydrogens (tertiary/aromatic N) is 2. The van der Waals surface area contributed by atoms with Gasteiger partial charge in [-0.1, -0.05) is 48.9 Å². The van der Waals surface area contributed by atoms with Gasteiger partial charge in [-0.3, -0.25) is 0 Å². The maximum atomic E-state index is 5.94. The number of piperidine rings is 1. The van der Waals surface area contributed by atoms with Crippen LogP contribution < -0.4 is 4.74 Å². The van der Waals surface area contributed by atoms with Gasteiger partial charge in [-0.2, -0.15) is 0 Å². The molecule has 0 N–H and O–H groups in total. The van der Waals surface area contributed by atoms with E-state index in [2.05, 4.69) is 46.9 Å². The van der Waals surface area contributed by atoms with E-state index in [4.69, 9.17) is 28.6 Å². The fourth-order valence-electron chi connectivity index (χ4n) is 3.78. The fraction of sp³-hybridized carbons (Fsp3) is 0.348. The molecule has 28 heavy (non-hydrogen) atoms. The van der Waals surface area contributed by atoms with Gasteiger partial charge in [0.2, 0.25) is 0 Å². The van der Waals surface area contributed by atoms with Crippen LogP contribution in [-0.4, -0.2) is 34.2 Å². The van der Waals surface area contributed by atoms with E-state index in [1.54, 1.807) is 0 Å². The lowest BCUT2D eigenvalue weighted by Gasteiger charge is -2.32. The van der Waals surface area contributed by atoms with E-state index in [1.807, 2.05) is 24.3 Å². The first-order chi connectivity index (χ1) is 13.6. The van der Waals surface area contributed by atoms with Crippen LogP contribution in [0.5, 0.6) is 5.75 Å². The Morgan fingerprint density at radius 3 is 2.57 bits per heavy atom. The summed E-state index contributed by atoms with van der Waals surface area (Å²) in [5.74, 6) is 1.63. The monoisotopic (exact) mass is 412 g/mol. The molecule has 2 aromatic carbocycles. The van der Waals surface area contributed by atoms with Crippen LogP contribution in [0.4, 0.5) is 0 Å². The molecule has 3 nitrogen and oxygen atoms in total. The molecule has 146 valence electrons. The first kappa shape index (κ1) is 19.3. The molecule has 2 heterocycles. The Labute approximate surface area is 176 Å². The summed E-state index contributed by atoms with van der Waals surface area (Å²) in [5.41, 5.74) is 2.36. The number of hydrogen-bond acceptors (Lipinski definition) is 2. The minimum absolute atomic E-state index is 0.591. The molecule has 3 aromatic rings. The zero-order valence-electron chi connectivity index (χ0n) is 16.1. The van der Waals surface area contributed by atoms with Gasteiger partial charge in [-0.25, -0.2) is 0 Å². The van der Waals surface area contributed by atoms with Crippen molar-refractivity contribution in [1.82, 2.24) is 9.47 Å². The molecule has 1 saturated heterocycles. The zero-order valence-corrected chi connectivity index (χ0v) is 17.7. The van der Waals surface area contributed by atoms with E-state index in [0.29, 0.717) is 11.6 Å². The van der Waals surface area contributed by atoms with Crippen molar-refractivity contribution < 1.29 is 4.74 Å². The Hall–Kier alpha value is -2.04. The van der Waals surface area contributed by atoms with Gasteiger partial charge in [0.1, 0.15) is 17.3 Å². The van der Waals surface area contributed by atoms with E-state index in [0.717, 1.165) is 41.9 Å². The van der Waals surface area contributed by atoms with Crippen LogP contribution >= 0.6 is 23.8 Å². The van der Waals surface area contributed by atoms with Crippen molar-refractivity contribution in [1.29, 1.82) is 0 Å². The van der Waals surface area contributed by atoms with Crippen LogP contribution in [0.25, 0.3) is 10.9 Å². The highest BCUT2D eigenvalue weighted by molar-refractivity contribution is 7.80. The van der Waals surface area contributed by atoms with Crippen molar-refractivity contribution in [3.05, 3.63) is 65.3 Å². The Bertz CT molecular complexity index is 958. The molecule has 0 saturated carbocycles. The number of aromatic nitrogens is 1. The lowest BCUT2D eigenvalue weighted by atomic mass is 9.99. The number of benzene rings is 2. The molecule has 0 amide bonds. The maximum Gasteiger partial charge on any atom is 0.119 e. The van der Waals surface area contributed by atoms with Gasteiger partial charge in [0.15, 0.2) is 0 Å². The molecule has 1 aliphatic heterocycles. The fourth-order valence-corrected chi connectivity index (χ4v) is 4.25. The molecule has 1 aromatic heterocycles. The first-order valence-electron chi connectivity index (χ1n) is 9.87. The lowest BCUT2D eigenvalue weighted by molar-refractivity contribution is 0.284. The van der Waals surface area contributed by atoms with Gasteiger partial charge in [-0.05, 0) is 49.1 Å². The smallest absolute Gasteiger partial charge is 0.119 e. The van der Waals surface area contributed by atoms with E-state index >= 15 is 0 Å². The molecule has 0 aliphatic carbocycles. The summed E-state index contributed by atoms with van der Waals surface area (Å²) in [6, 6.07) is 16.0. The Balaban J connectivity index is 1.51. The van der Waals surface area contributed by atoms with E-state index in [1.165, 1.54) is 23.7 Å². The van der Waals surface area contributed by atoms with Gasteiger partial charge in [0.25, 0.3) is 0 Å². The van der Waals surface area contributed by atoms with E-state index in [-0.39, 0.29) is 0 Å².